The highest BCUT2D eigenvalue weighted by Gasteiger charge is 2.15. The molecule has 7 nitrogen and oxygen atoms in total. The standard InChI is InChI=1S/C20H18N4O3/c25-20(24-15-6-7-17-18(10-15)27-13-26-17)16-11-23-19(12-22-16)21-9-8-14-4-2-1-3-5-14/h1-7,10-12H,8-9,13H2,(H,21,23)(H,24,25). The molecule has 1 aliphatic rings. The number of hydrogen-bond donors (Lipinski definition) is 2. The van der Waals surface area contributed by atoms with Gasteiger partial charge in [0.2, 0.25) is 6.79 Å². The number of aromatic nitrogens is 2. The minimum Gasteiger partial charge on any atom is -0.454 e. The molecule has 1 amide bonds. The Morgan fingerprint density at radius 1 is 1.00 bits per heavy atom. The van der Waals surface area contributed by atoms with E-state index in [4.69, 9.17) is 9.47 Å². The molecule has 3 aromatic rings. The molecule has 0 aliphatic carbocycles. The molecule has 1 aliphatic heterocycles. The van der Waals surface area contributed by atoms with Crippen molar-refractivity contribution in [1.29, 1.82) is 0 Å². The molecule has 0 spiro atoms. The van der Waals surface area contributed by atoms with Crippen molar-refractivity contribution in [3.63, 3.8) is 0 Å². The van der Waals surface area contributed by atoms with Crippen molar-refractivity contribution in [3.8, 4) is 11.5 Å². The Labute approximate surface area is 156 Å². The summed E-state index contributed by atoms with van der Waals surface area (Å²) in [6, 6.07) is 15.4. The fourth-order valence-electron chi connectivity index (χ4n) is 2.69. The van der Waals surface area contributed by atoms with Crippen LogP contribution >= 0.6 is 0 Å². The monoisotopic (exact) mass is 362 g/mol. The fraction of sp³-hybridized carbons (Fsp3) is 0.150. The average Bonchev–Trinajstić information content (AvgIpc) is 3.17. The van der Waals surface area contributed by atoms with Gasteiger partial charge in [-0.25, -0.2) is 9.97 Å². The quantitative estimate of drug-likeness (QED) is 0.701. The number of hydrogen-bond acceptors (Lipinski definition) is 6. The predicted octanol–water partition coefficient (Wildman–Crippen LogP) is 3.11. The molecular formula is C20H18N4O3. The van der Waals surface area contributed by atoms with Crippen molar-refractivity contribution in [2.45, 2.75) is 6.42 Å². The van der Waals surface area contributed by atoms with E-state index in [0.29, 0.717) is 23.0 Å². The van der Waals surface area contributed by atoms with Gasteiger partial charge in [0.25, 0.3) is 5.91 Å². The summed E-state index contributed by atoms with van der Waals surface area (Å²) in [5.41, 5.74) is 2.09. The van der Waals surface area contributed by atoms with Gasteiger partial charge in [-0.2, -0.15) is 0 Å². The summed E-state index contributed by atoms with van der Waals surface area (Å²) in [5.74, 6) is 1.57. The van der Waals surface area contributed by atoms with Crippen LogP contribution in [0.15, 0.2) is 60.9 Å². The summed E-state index contributed by atoms with van der Waals surface area (Å²) >= 11 is 0. The molecule has 0 fully saturated rings. The van der Waals surface area contributed by atoms with Crippen LogP contribution in [0.1, 0.15) is 16.1 Å². The van der Waals surface area contributed by atoms with Crippen LogP contribution in [-0.2, 0) is 6.42 Å². The highest BCUT2D eigenvalue weighted by Crippen LogP contribution is 2.34. The van der Waals surface area contributed by atoms with Crippen LogP contribution in [0.2, 0.25) is 0 Å². The number of amides is 1. The molecule has 0 unspecified atom stereocenters. The smallest absolute Gasteiger partial charge is 0.275 e. The van der Waals surface area contributed by atoms with Gasteiger partial charge in [-0.3, -0.25) is 4.79 Å². The number of benzene rings is 2. The van der Waals surface area contributed by atoms with E-state index in [-0.39, 0.29) is 18.4 Å². The summed E-state index contributed by atoms with van der Waals surface area (Å²) in [6.07, 6.45) is 3.89. The molecule has 0 saturated carbocycles. The Morgan fingerprint density at radius 3 is 2.67 bits per heavy atom. The molecule has 0 radical (unpaired) electrons. The third kappa shape index (κ3) is 4.14. The molecule has 7 heteroatoms. The molecule has 136 valence electrons. The third-order valence-electron chi connectivity index (χ3n) is 4.08. The molecule has 2 heterocycles. The van der Waals surface area contributed by atoms with Crippen molar-refractivity contribution in [3.05, 3.63) is 72.2 Å². The molecule has 0 saturated heterocycles. The molecule has 2 aromatic carbocycles. The van der Waals surface area contributed by atoms with Crippen LogP contribution in [0.4, 0.5) is 11.5 Å². The summed E-state index contributed by atoms with van der Waals surface area (Å²) in [5, 5.41) is 5.98. The summed E-state index contributed by atoms with van der Waals surface area (Å²) in [7, 11) is 0. The SMILES string of the molecule is O=C(Nc1ccc2c(c1)OCO2)c1cnc(NCCc2ccccc2)cn1. The highest BCUT2D eigenvalue weighted by molar-refractivity contribution is 6.02. The number of fused-ring (bicyclic) bond motifs is 1. The van der Waals surface area contributed by atoms with Crippen LogP contribution in [0.3, 0.4) is 0 Å². The lowest BCUT2D eigenvalue weighted by Gasteiger charge is -2.07. The van der Waals surface area contributed by atoms with Gasteiger partial charge in [0.1, 0.15) is 11.5 Å². The zero-order valence-electron chi connectivity index (χ0n) is 14.5. The molecular weight excluding hydrogens is 344 g/mol. The maximum absolute atomic E-state index is 12.3. The van der Waals surface area contributed by atoms with Crippen LogP contribution in [-0.4, -0.2) is 29.2 Å². The van der Waals surface area contributed by atoms with E-state index >= 15 is 0 Å². The van der Waals surface area contributed by atoms with Gasteiger partial charge < -0.3 is 20.1 Å². The van der Waals surface area contributed by atoms with E-state index in [1.165, 1.54) is 11.8 Å². The van der Waals surface area contributed by atoms with E-state index in [0.717, 1.165) is 13.0 Å². The van der Waals surface area contributed by atoms with Crippen LogP contribution in [0, 0.1) is 0 Å². The first-order valence-electron chi connectivity index (χ1n) is 8.59. The summed E-state index contributed by atoms with van der Waals surface area (Å²) < 4.78 is 10.6. The minimum absolute atomic E-state index is 0.191. The second-order valence-electron chi connectivity index (χ2n) is 5.97. The van der Waals surface area contributed by atoms with E-state index in [9.17, 15) is 4.79 Å². The Balaban J connectivity index is 1.32. The van der Waals surface area contributed by atoms with Gasteiger partial charge >= 0.3 is 0 Å². The van der Waals surface area contributed by atoms with Crippen molar-refractivity contribution in [2.75, 3.05) is 24.0 Å². The number of carbonyl (C=O) groups excluding carboxylic acids is 1. The molecule has 27 heavy (non-hydrogen) atoms. The zero-order valence-corrected chi connectivity index (χ0v) is 14.5. The lowest BCUT2D eigenvalue weighted by Crippen LogP contribution is -2.15. The Kier molecular flexibility index (Phi) is 4.82. The average molecular weight is 362 g/mol. The van der Waals surface area contributed by atoms with Gasteiger partial charge in [0.05, 0.1) is 12.4 Å². The van der Waals surface area contributed by atoms with Gasteiger partial charge in [-0.15, -0.1) is 0 Å². The van der Waals surface area contributed by atoms with Gasteiger partial charge in [-0.05, 0) is 24.1 Å². The maximum atomic E-state index is 12.3. The number of nitrogens with zero attached hydrogens (tertiary/aromatic N) is 2. The first kappa shape index (κ1) is 16.8. The Bertz CT molecular complexity index is 930. The summed E-state index contributed by atoms with van der Waals surface area (Å²) in [4.78, 5) is 20.7. The Morgan fingerprint density at radius 2 is 1.85 bits per heavy atom. The summed E-state index contributed by atoms with van der Waals surface area (Å²) in [6.45, 7) is 0.929. The second kappa shape index (κ2) is 7.74. The first-order valence-corrected chi connectivity index (χ1v) is 8.59. The van der Waals surface area contributed by atoms with Crippen molar-refractivity contribution in [2.24, 2.45) is 0 Å². The number of carbonyl (C=O) groups is 1. The molecule has 4 rings (SSSR count). The van der Waals surface area contributed by atoms with Crippen LogP contribution in [0.25, 0.3) is 0 Å². The third-order valence-corrected chi connectivity index (χ3v) is 4.08. The van der Waals surface area contributed by atoms with Crippen molar-refractivity contribution in [1.82, 2.24) is 9.97 Å². The molecule has 1 aromatic heterocycles. The van der Waals surface area contributed by atoms with Gasteiger partial charge in [0.15, 0.2) is 11.5 Å². The first-order chi connectivity index (χ1) is 13.3. The van der Waals surface area contributed by atoms with E-state index < -0.39 is 0 Å². The lowest BCUT2D eigenvalue weighted by molar-refractivity contribution is 0.102. The van der Waals surface area contributed by atoms with Crippen molar-refractivity contribution >= 4 is 17.4 Å². The second-order valence-corrected chi connectivity index (χ2v) is 5.97. The highest BCUT2D eigenvalue weighted by atomic mass is 16.7. The lowest BCUT2D eigenvalue weighted by atomic mass is 10.1. The van der Waals surface area contributed by atoms with Gasteiger partial charge in [-0.1, -0.05) is 30.3 Å². The maximum Gasteiger partial charge on any atom is 0.275 e. The Hall–Kier alpha value is -3.61. The molecule has 2 N–H and O–H groups in total. The van der Waals surface area contributed by atoms with E-state index in [1.807, 2.05) is 18.2 Å². The minimum atomic E-state index is -0.336. The molecule has 0 atom stereocenters. The van der Waals surface area contributed by atoms with E-state index in [1.54, 1.807) is 24.4 Å². The zero-order chi connectivity index (χ0) is 18.5. The van der Waals surface area contributed by atoms with E-state index in [2.05, 4.69) is 32.7 Å². The van der Waals surface area contributed by atoms with Crippen LogP contribution < -0.4 is 20.1 Å². The van der Waals surface area contributed by atoms with Crippen molar-refractivity contribution < 1.29 is 14.3 Å². The fourth-order valence-corrected chi connectivity index (χ4v) is 2.69. The normalized spacial score (nSPS) is 11.9. The van der Waals surface area contributed by atoms with Crippen LogP contribution in [0.5, 0.6) is 11.5 Å². The number of anilines is 2. The topological polar surface area (TPSA) is 85.4 Å². The number of nitrogens with one attached hydrogen (secondary N) is 2. The predicted molar refractivity (Wildman–Crippen MR) is 101 cm³/mol. The van der Waals surface area contributed by atoms with Gasteiger partial charge in [0, 0.05) is 18.3 Å². The largest absolute Gasteiger partial charge is 0.454 e. The number of ether oxygens (including phenoxy) is 2. The molecule has 0 bridgehead atoms. The number of rotatable bonds is 6.